The van der Waals surface area contributed by atoms with Gasteiger partial charge in [0.25, 0.3) is 0 Å². The maximum atomic E-state index is 13.6. The molecule has 0 aromatic heterocycles. The summed E-state index contributed by atoms with van der Waals surface area (Å²) >= 11 is 0. The van der Waals surface area contributed by atoms with E-state index in [0.29, 0.717) is 19.3 Å². The Bertz CT molecular complexity index is 780. The summed E-state index contributed by atoms with van der Waals surface area (Å²) in [4.78, 5) is 15.6. The Morgan fingerprint density at radius 2 is 1.64 bits per heavy atom. The van der Waals surface area contributed by atoms with E-state index in [1.54, 1.807) is 12.1 Å². The predicted molar refractivity (Wildman–Crippen MR) is 108 cm³/mol. The molecule has 2 aliphatic heterocycles. The third kappa shape index (κ3) is 3.90. The van der Waals surface area contributed by atoms with Crippen LogP contribution in [0, 0.1) is 5.82 Å². The molecular formula is C23H27FN2O2. The topological polar surface area (TPSA) is 41.6 Å². The molecule has 4 nitrogen and oxygen atoms in total. The van der Waals surface area contributed by atoms with E-state index < -0.39 is 5.41 Å². The van der Waals surface area contributed by atoms with Gasteiger partial charge in [0.15, 0.2) is 0 Å². The zero-order valence-corrected chi connectivity index (χ0v) is 16.1. The highest BCUT2D eigenvalue weighted by atomic mass is 19.1. The lowest BCUT2D eigenvalue weighted by Crippen LogP contribution is -2.53. The van der Waals surface area contributed by atoms with Crippen molar-refractivity contribution in [2.45, 2.75) is 37.1 Å². The van der Waals surface area contributed by atoms with Crippen LogP contribution in [0.5, 0.6) is 0 Å². The van der Waals surface area contributed by atoms with Gasteiger partial charge in [-0.3, -0.25) is 4.79 Å². The van der Waals surface area contributed by atoms with Crippen LogP contribution in [-0.4, -0.2) is 43.2 Å². The van der Waals surface area contributed by atoms with Gasteiger partial charge >= 0.3 is 0 Å². The van der Waals surface area contributed by atoms with Crippen LogP contribution in [0.4, 0.5) is 10.1 Å². The van der Waals surface area contributed by atoms with E-state index in [0.717, 1.165) is 50.0 Å². The van der Waals surface area contributed by atoms with E-state index in [1.807, 2.05) is 23.1 Å². The summed E-state index contributed by atoms with van der Waals surface area (Å²) in [6, 6.07) is 16.9. The molecule has 148 valence electrons. The fourth-order valence-electron chi connectivity index (χ4n) is 4.41. The van der Waals surface area contributed by atoms with Crippen molar-refractivity contribution < 1.29 is 13.9 Å². The van der Waals surface area contributed by atoms with E-state index >= 15 is 0 Å². The molecule has 2 aromatic rings. The number of carbonyl (C=O) groups excluding carboxylic acids is 1. The number of hydrogen-bond acceptors (Lipinski definition) is 3. The molecule has 0 radical (unpaired) electrons. The molecule has 1 N–H and O–H groups in total. The quantitative estimate of drug-likeness (QED) is 0.870. The number of nitrogens with one attached hydrogen (secondary N) is 1. The molecule has 5 heteroatoms. The van der Waals surface area contributed by atoms with Gasteiger partial charge in [-0.1, -0.05) is 30.3 Å². The number of halogens is 1. The van der Waals surface area contributed by atoms with E-state index in [2.05, 4.69) is 17.4 Å². The average Bonchev–Trinajstić information content (AvgIpc) is 2.76. The van der Waals surface area contributed by atoms with Gasteiger partial charge in [-0.15, -0.1) is 0 Å². The van der Waals surface area contributed by atoms with Crippen molar-refractivity contribution in [3.63, 3.8) is 0 Å². The van der Waals surface area contributed by atoms with Crippen molar-refractivity contribution in [2.75, 3.05) is 31.6 Å². The summed E-state index contributed by atoms with van der Waals surface area (Å²) in [6.45, 7) is 2.74. The number of piperidine rings is 1. The molecule has 2 fully saturated rings. The minimum Gasteiger partial charge on any atom is -0.382 e. The Balaban J connectivity index is 1.42. The second kappa shape index (κ2) is 8.31. The van der Waals surface area contributed by atoms with Gasteiger partial charge < -0.3 is 15.0 Å². The van der Waals surface area contributed by atoms with E-state index in [9.17, 15) is 9.18 Å². The predicted octanol–water partition coefficient (Wildman–Crippen LogP) is 3.98. The zero-order valence-electron chi connectivity index (χ0n) is 16.1. The van der Waals surface area contributed by atoms with Crippen molar-refractivity contribution in [1.29, 1.82) is 0 Å². The third-order valence-corrected chi connectivity index (χ3v) is 6.08. The molecule has 0 saturated carbocycles. The van der Waals surface area contributed by atoms with Crippen LogP contribution in [-0.2, 0) is 14.9 Å². The van der Waals surface area contributed by atoms with Crippen molar-refractivity contribution in [3.05, 3.63) is 66.0 Å². The molecule has 0 spiro atoms. The molecule has 1 amide bonds. The number of benzene rings is 2. The fraction of sp³-hybridized carbons (Fsp3) is 0.435. The van der Waals surface area contributed by atoms with Gasteiger partial charge in [-0.2, -0.15) is 0 Å². The van der Waals surface area contributed by atoms with Crippen LogP contribution in [0.1, 0.15) is 31.2 Å². The van der Waals surface area contributed by atoms with Crippen LogP contribution < -0.4 is 5.32 Å². The van der Waals surface area contributed by atoms with Gasteiger partial charge in [0.1, 0.15) is 5.82 Å². The largest absolute Gasteiger partial charge is 0.382 e. The first-order chi connectivity index (χ1) is 13.7. The van der Waals surface area contributed by atoms with Gasteiger partial charge in [-0.05, 0) is 55.5 Å². The molecule has 2 saturated heterocycles. The SMILES string of the molecule is O=C(N1CCC(Nc2ccc(F)cc2)CC1)C1(c2ccccc2)CCOCC1. The normalized spacial score (nSPS) is 20.0. The Morgan fingerprint density at radius 1 is 1.00 bits per heavy atom. The number of amides is 1. The zero-order chi connectivity index (χ0) is 19.4. The summed E-state index contributed by atoms with van der Waals surface area (Å²) in [5.74, 6) is 0.0101. The molecule has 4 rings (SSSR count). The second-order valence-corrected chi connectivity index (χ2v) is 7.78. The summed E-state index contributed by atoms with van der Waals surface area (Å²) < 4.78 is 18.6. The van der Waals surface area contributed by atoms with E-state index in [4.69, 9.17) is 4.74 Å². The molecule has 0 aliphatic carbocycles. The average molecular weight is 382 g/mol. The number of rotatable bonds is 4. The number of nitrogens with zero attached hydrogens (tertiary/aromatic N) is 1. The van der Waals surface area contributed by atoms with Gasteiger partial charge in [0.2, 0.25) is 5.91 Å². The van der Waals surface area contributed by atoms with Crippen LogP contribution in [0.15, 0.2) is 54.6 Å². The molecular weight excluding hydrogens is 355 g/mol. The summed E-state index contributed by atoms with van der Waals surface area (Å²) in [7, 11) is 0. The van der Waals surface area contributed by atoms with Gasteiger partial charge in [0.05, 0.1) is 5.41 Å². The van der Waals surface area contributed by atoms with Gasteiger partial charge in [-0.25, -0.2) is 4.39 Å². The first-order valence-electron chi connectivity index (χ1n) is 10.1. The lowest BCUT2D eigenvalue weighted by molar-refractivity contribution is -0.142. The lowest BCUT2D eigenvalue weighted by Gasteiger charge is -2.42. The van der Waals surface area contributed by atoms with Crippen LogP contribution in [0.3, 0.4) is 0 Å². The van der Waals surface area contributed by atoms with Crippen molar-refractivity contribution in [3.8, 4) is 0 Å². The standard InChI is InChI=1S/C23H27FN2O2/c24-19-6-8-20(9-7-19)25-21-10-14-26(15-11-21)22(27)23(12-16-28-17-13-23)18-4-2-1-3-5-18/h1-9,21,25H,10-17H2. The highest BCUT2D eigenvalue weighted by Gasteiger charge is 2.44. The second-order valence-electron chi connectivity index (χ2n) is 7.78. The first kappa shape index (κ1) is 18.9. The fourth-order valence-corrected chi connectivity index (χ4v) is 4.41. The Morgan fingerprint density at radius 3 is 2.29 bits per heavy atom. The Kier molecular flexibility index (Phi) is 5.62. The van der Waals surface area contributed by atoms with Crippen LogP contribution >= 0.6 is 0 Å². The molecule has 0 unspecified atom stereocenters. The van der Waals surface area contributed by atoms with Crippen LogP contribution in [0.2, 0.25) is 0 Å². The molecule has 28 heavy (non-hydrogen) atoms. The number of anilines is 1. The lowest BCUT2D eigenvalue weighted by atomic mass is 9.72. The number of likely N-dealkylation sites (tertiary alicyclic amines) is 1. The van der Waals surface area contributed by atoms with E-state index in [-0.39, 0.29) is 11.7 Å². The third-order valence-electron chi connectivity index (χ3n) is 6.08. The number of ether oxygens (including phenoxy) is 1. The smallest absolute Gasteiger partial charge is 0.233 e. The van der Waals surface area contributed by atoms with Crippen molar-refractivity contribution in [1.82, 2.24) is 4.90 Å². The minimum absolute atomic E-state index is 0.228. The maximum absolute atomic E-state index is 13.6. The van der Waals surface area contributed by atoms with Gasteiger partial charge in [0, 0.05) is 38.0 Å². The highest BCUT2D eigenvalue weighted by molar-refractivity contribution is 5.88. The minimum atomic E-state index is -0.462. The summed E-state index contributed by atoms with van der Waals surface area (Å²) in [5.41, 5.74) is 1.57. The molecule has 0 bridgehead atoms. The van der Waals surface area contributed by atoms with Crippen molar-refractivity contribution in [2.24, 2.45) is 0 Å². The number of hydrogen-bond donors (Lipinski definition) is 1. The van der Waals surface area contributed by atoms with E-state index in [1.165, 1.54) is 12.1 Å². The van der Waals surface area contributed by atoms with Crippen molar-refractivity contribution >= 4 is 11.6 Å². The highest BCUT2D eigenvalue weighted by Crippen LogP contribution is 2.37. The number of carbonyl (C=O) groups is 1. The molecule has 2 aliphatic rings. The Labute approximate surface area is 165 Å². The summed E-state index contributed by atoms with van der Waals surface area (Å²) in [5, 5.41) is 3.46. The molecule has 2 heterocycles. The summed E-state index contributed by atoms with van der Waals surface area (Å²) in [6.07, 6.45) is 3.27. The molecule has 0 atom stereocenters. The Hall–Kier alpha value is -2.40. The monoisotopic (exact) mass is 382 g/mol. The first-order valence-corrected chi connectivity index (χ1v) is 10.1. The van der Waals surface area contributed by atoms with Crippen LogP contribution in [0.25, 0.3) is 0 Å². The molecule has 2 aromatic carbocycles. The maximum Gasteiger partial charge on any atom is 0.233 e.